The van der Waals surface area contributed by atoms with Crippen molar-refractivity contribution < 1.29 is 19.6 Å². The molecule has 1 aliphatic heterocycles. The monoisotopic (exact) mass is 519 g/mol. The maximum atomic E-state index is 12.6. The highest BCUT2D eigenvalue weighted by atomic mass is 16.7. The number of amides is 1. The van der Waals surface area contributed by atoms with Crippen LogP contribution in [0.25, 0.3) is 11.1 Å². The van der Waals surface area contributed by atoms with Gasteiger partial charge in [-0.1, -0.05) is 65.8 Å². The molecular formula is C32H29N3O4. The number of benzene rings is 3. The molecule has 1 atom stereocenters. The number of nitrogens with zero attached hydrogens (tertiary/aromatic N) is 3. The molecular weight excluding hydrogens is 490 g/mol. The minimum Gasteiger partial charge on any atom is -0.411 e. The van der Waals surface area contributed by atoms with E-state index in [0.717, 1.165) is 33.0 Å². The molecule has 2 heterocycles. The highest BCUT2D eigenvalue weighted by Crippen LogP contribution is 2.33. The Hall–Kier alpha value is -4.78. The molecule has 4 aromatic rings. The zero-order valence-electron chi connectivity index (χ0n) is 21.9. The Labute approximate surface area is 227 Å². The summed E-state index contributed by atoms with van der Waals surface area (Å²) in [7, 11) is 0. The summed E-state index contributed by atoms with van der Waals surface area (Å²) in [6.07, 6.45) is 2.46. The van der Waals surface area contributed by atoms with Gasteiger partial charge in [0.1, 0.15) is 0 Å². The molecule has 3 aromatic carbocycles. The van der Waals surface area contributed by atoms with Gasteiger partial charge in [0.25, 0.3) is 5.91 Å². The predicted octanol–water partition coefficient (Wildman–Crippen LogP) is 6.07. The van der Waals surface area contributed by atoms with Crippen molar-refractivity contribution in [1.29, 1.82) is 0 Å². The molecule has 1 amide bonds. The van der Waals surface area contributed by atoms with Gasteiger partial charge in [0.2, 0.25) is 0 Å². The van der Waals surface area contributed by atoms with Gasteiger partial charge in [0, 0.05) is 35.4 Å². The third-order valence-corrected chi connectivity index (χ3v) is 7.05. The number of carbonyl (C=O) groups is 2. The van der Waals surface area contributed by atoms with Gasteiger partial charge in [-0.2, -0.15) is 5.06 Å². The average molecular weight is 520 g/mol. The Morgan fingerprint density at radius 1 is 0.974 bits per heavy atom. The highest BCUT2D eigenvalue weighted by Gasteiger charge is 2.27. The summed E-state index contributed by atoms with van der Waals surface area (Å²) in [5.74, 6) is -0.741. The van der Waals surface area contributed by atoms with E-state index in [-0.39, 0.29) is 24.8 Å². The van der Waals surface area contributed by atoms with Gasteiger partial charge in [-0.3, -0.25) is 9.78 Å². The number of hydrogen-bond acceptors (Lipinski definition) is 6. The number of oxime groups is 1. The molecule has 196 valence electrons. The van der Waals surface area contributed by atoms with Crippen LogP contribution in [0.15, 0.2) is 96.3 Å². The van der Waals surface area contributed by atoms with Gasteiger partial charge in [-0.15, -0.1) is 0 Å². The zero-order valence-corrected chi connectivity index (χ0v) is 21.9. The summed E-state index contributed by atoms with van der Waals surface area (Å²) >= 11 is 0. The maximum Gasteiger partial charge on any atom is 0.334 e. The van der Waals surface area contributed by atoms with Crippen molar-refractivity contribution in [2.75, 3.05) is 6.54 Å². The molecule has 1 fully saturated rings. The van der Waals surface area contributed by atoms with Gasteiger partial charge >= 0.3 is 5.97 Å². The van der Waals surface area contributed by atoms with Crippen molar-refractivity contribution in [3.05, 3.63) is 125 Å². The molecule has 7 heteroatoms. The van der Waals surface area contributed by atoms with E-state index in [4.69, 9.17) is 4.84 Å². The number of hydroxylamine groups is 2. The second-order valence-corrected chi connectivity index (χ2v) is 9.67. The van der Waals surface area contributed by atoms with Crippen LogP contribution in [-0.4, -0.2) is 39.4 Å². The number of aryl methyl sites for hydroxylation is 2. The van der Waals surface area contributed by atoms with Crippen LogP contribution in [0.3, 0.4) is 0 Å². The smallest absolute Gasteiger partial charge is 0.334 e. The predicted molar refractivity (Wildman–Crippen MR) is 149 cm³/mol. The van der Waals surface area contributed by atoms with Crippen LogP contribution in [0.4, 0.5) is 0 Å². The lowest BCUT2D eigenvalue weighted by Crippen LogP contribution is -2.26. The van der Waals surface area contributed by atoms with Crippen LogP contribution >= 0.6 is 0 Å². The summed E-state index contributed by atoms with van der Waals surface area (Å²) in [4.78, 5) is 33.1. The van der Waals surface area contributed by atoms with E-state index in [1.807, 2.05) is 43.3 Å². The van der Waals surface area contributed by atoms with E-state index in [2.05, 4.69) is 53.5 Å². The fraction of sp³-hybridized carbons (Fsp3) is 0.188. The summed E-state index contributed by atoms with van der Waals surface area (Å²) in [5.41, 5.74) is 8.18. The molecule has 0 aliphatic carbocycles. The second-order valence-electron chi connectivity index (χ2n) is 9.67. The van der Waals surface area contributed by atoms with Crippen LogP contribution in [-0.2, 0) is 9.63 Å². The number of rotatable bonds is 7. The molecule has 1 N–H and O–H groups in total. The van der Waals surface area contributed by atoms with Crippen LogP contribution in [0.1, 0.15) is 57.1 Å². The molecule has 0 radical (unpaired) electrons. The summed E-state index contributed by atoms with van der Waals surface area (Å²) in [6, 6.07) is 27.6. The molecule has 39 heavy (non-hydrogen) atoms. The number of hydrogen-bond donors (Lipinski definition) is 1. The van der Waals surface area contributed by atoms with Crippen LogP contribution in [0.5, 0.6) is 0 Å². The zero-order chi connectivity index (χ0) is 27.4. The Morgan fingerprint density at radius 3 is 2.28 bits per heavy atom. The third kappa shape index (κ3) is 5.72. The molecule has 1 aromatic heterocycles. The van der Waals surface area contributed by atoms with Crippen LogP contribution in [0.2, 0.25) is 0 Å². The lowest BCUT2D eigenvalue weighted by Gasteiger charge is -2.21. The molecule has 5 rings (SSSR count). The van der Waals surface area contributed by atoms with Gasteiger partial charge in [0.15, 0.2) is 0 Å². The molecule has 0 spiro atoms. The number of carbonyl (C=O) groups excluding carboxylic acids is 2. The van der Waals surface area contributed by atoms with E-state index in [1.54, 1.807) is 18.3 Å². The lowest BCUT2D eigenvalue weighted by atomic mass is 9.83. The number of aromatic nitrogens is 1. The van der Waals surface area contributed by atoms with Crippen molar-refractivity contribution in [3.8, 4) is 11.1 Å². The molecule has 0 bridgehead atoms. The normalized spacial score (nSPS) is 14.3. The van der Waals surface area contributed by atoms with Crippen molar-refractivity contribution >= 4 is 17.6 Å². The first-order valence-corrected chi connectivity index (χ1v) is 12.9. The van der Waals surface area contributed by atoms with Crippen LogP contribution < -0.4 is 0 Å². The first kappa shape index (κ1) is 25.9. The van der Waals surface area contributed by atoms with Gasteiger partial charge in [0.05, 0.1) is 18.7 Å². The first-order valence-electron chi connectivity index (χ1n) is 12.9. The summed E-state index contributed by atoms with van der Waals surface area (Å²) < 4.78 is 0. The second kappa shape index (κ2) is 11.3. The maximum absolute atomic E-state index is 12.6. The van der Waals surface area contributed by atoms with Crippen LogP contribution in [0, 0.1) is 13.8 Å². The van der Waals surface area contributed by atoms with Crippen molar-refractivity contribution in [2.24, 2.45) is 5.16 Å². The minimum absolute atomic E-state index is 0.0252. The minimum atomic E-state index is -0.391. The van der Waals surface area contributed by atoms with E-state index >= 15 is 0 Å². The van der Waals surface area contributed by atoms with E-state index in [9.17, 15) is 14.8 Å². The van der Waals surface area contributed by atoms with Gasteiger partial charge < -0.3 is 10.0 Å². The molecule has 1 aliphatic rings. The van der Waals surface area contributed by atoms with E-state index < -0.39 is 5.97 Å². The topological polar surface area (TPSA) is 92.1 Å². The first-order chi connectivity index (χ1) is 18.9. The third-order valence-electron chi connectivity index (χ3n) is 7.05. The van der Waals surface area contributed by atoms with Crippen molar-refractivity contribution in [2.45, 2.75) is 32.6 Å². The van der Waals surface area contributed by atoms with Gasteiger partial charge in [-0.25, -0.2) is 4.79 Å². The Bertz CT molecular complexity index is 1530. The SMILES string of the molecule is Cc1cc(/C(CC(c2ccc(-c3ccc(C(=O)N4CCC(=O)O4)cc3)cc2)c2ccccc2C)=N/O)ccn1. The van der Waals surface area contributed by atoms with Gasteiger partial charge in [-0.05, 0) is 65.9 Å². The fourth-order valence-corrected chi connectivity index (χ4v) is 4.93. The summed E-state index contributed by atoms with van der Waals surface area (Å²) in [6.45, 7) is 4.28. The highest BCUT2D eigenvalue weighted by molar-refractivity contribution is 6.01. The summed E-state index contributed by atoms with van der Waals surface area (Å²) in [5, 5.41) is 14.7. The Morgan fingerprint density at radius 2 is 1.67 bits per heavy atom. The Kier molecular flexibility index (Phi) is 7.50. The molecule has 1 saturated heterocycles. The quantitative estimate of drug-likeness (QED) is 0.182. The molecule has 1 unspecified atom stereocenters. The Balaban J connectivity index is 1.41. The largest absolute Gasteiger partial charge is 0.411 e. The number of pyridine rings is 1. The van der Waals surface area contributed by atoms with Crippen molar-refractivity contribution in [1.82, 2.24) is 10.0 Å². The fourth-order valence-electron chi connectivity index (χ4n) is 4.93. The molecule has 0 saturated carbocycles. The average Bonchev–Trinajstić information content (AvgIpc) is 3.40. The van der Waals surface area contributed by atoms with E-state index in [1.165, 1.54) is 11.1 Å². The molecule has 7 nitrogen and oxygen atoms in total. The lowest BCUT2D eigenvalue weighted by molar-refractivity contribution is -0.160. The van der Waals surface area contributed by atoms with Crippen molar-refractivity contribution in [3.63, 3.8) is 0 Å². The standard InChI is InChI=1S/C32H29N3O4/c1-21-5-3-4-6-28(21)29(20-30(34-38)27-15-17-33-22(2)19-27)25-11-7-23(8-12-25)24-9-13-26(14-10-24)32(37)35-18-16-31(36)39-35/h3-15,17,19,29,38H,16,18,20H2,1-2H3/b34-30+. The van der Waals surface area contributed by atoms with E-state index in [0.29, 0.717) is 17.7 Å².